The van der Waals surface area contributed by atoms with Gasteiger partial charge in [-0.15, -0.1) is 5.10 Å². The Bertz CT molecular complexity index is 978. The third-order valence-electron chi connectivity index (χ3n) is 4.72. The van der Waals surface area contributed by atoms with Crippen LogP contribution in [0, 0.1) is 5.92 Å². The summed E-state index contributed by atoms with van der Waals surface area (Å²) in [6.07, 6.45) is 2.20. The first-order valence-corrected chi connectivity index (χ1v) is 9.05. The first kappa shape index (κ1) is 18.8. The molecule has 1 amide bonds. The normalized spacial score (nSPS) is 13.6. The standard InChI is InChI=1S/C20H24N4O3/c1-15(2)20(27,16-9-4-3-5-10-16)18(25)21-12-8-14-24-19(26)23-13-7-6-11-17(23)22-24/h3-7,9-11,13,15,27H,8,12,14H2,1-2H3,(H,21,25)/t20-/m1/s1. The van der Waals surface area contributed by atoms with Crippen molar-refractivity contribution in [1.82, 2.24) is 19.5 Å². The van der Waals surface area contributed by atoms with E-state index in [0.717, 1.165) is 0 Å². The molecule has 0 fully saturated rings. The van der Waals surface area contributed by atoms with Gasteiger partial charge in [0.25, 0.3) is 5.91 Å². The summed E-state index contributed by atoms with van der Waals surface area (Å²) < 4.78 is 2.86. The van der Waals surface area contributed by atoms with Gasteiger partial charge in [-0.2, -0.15) is 0 Å². The largest absolute Gasteiger partial charge is 0.375 e. The lowest BCUT2D eigenvalue weighted by Crippen LogP contribution is -2.48. The molecule has 1 aromatic carbocycles. The molecule has 3 rings (SSSR count). The summed E-state index contributed by atoms with van der Waals surface area (Å²) in [5.41, 5.74) is -0.653. The van der Waals surface area contributed by atoms with E-state index in [1.165, 1.54) is 9.08 Å². The molecular formula is C20H24N4O3. The molecule has 0 aliphatic heterocycles. The van der Waals surface area contributed by atoms with E-state index in [1.54, 1.807) is 42.6 Å². The van der Waals surface area contributed by atoms with Crippen LogP contribution in [-0.2, 0) is 16.9 Å². The summed E-state index contributed by atoms with van der Waals surface area (Å²) in [5, 5.41) is 18.0. The van der Waals surface area contributed by atoms with Gasteiger partial charge in [0.1, 0.15) is 0 Å². The molecule has 0 radical (unpaired) electrons. The minimum absolute atomic E-state index is 0.208. The van der Waals surface area contributed by atoms with Crippen molar-refractivity contribution in [2.24, 2.45) is 5.92 Å². The van der Waals surface area contributed by atoms with E-state index in [1.807, 2.05) is 26.0 Å². The van der Waals surface area contributed by atoms with Crippen molar-refractivity contribution in [2.45, 2.75) is 32.4 Å². The molecule has 7 heteroatoms. The van der Waals surface area contributed by atoms with Crippen molar-refractivity contribution in [1.29, 1.82) is 0 Å². The Morgan fingerprint density at radius 1 is 1.19 bits per heavy atom. The SMILES string of the molecule is CC(C)[C@](O)(C(=O)NCCCn1nc2ccccn2c1=O)c1ccccc1. The second-order valence-corrected chi connectivity index (χ2v) is 6.83. The van der Waals surface area contributed by atoms with Crippen LogP contribution in [0.5, 0.6) is 0 Å². The number of aliphatic hydroxyl groups is 1. The number of benzene rings is 1. The molecule has 1 atom stereocenters. The van der Waals surface area contributed by atoms with Crippen molar-refractivity contribution in [3.05, 3.63) is 70.8 Å². The summed E-state index contributed by atoms with van der Waals surface area (Å²) in [6, 6.07) is 14.3. The van der Waals surface area contributed by atoms with Gasteiger partial charge < -0.3 is 10.4 Å². The zero-order chi connectivity index (χ0) is 19.4. The fraction of sp³-hybridized carbons (Fsp3) is 0.350. The molecule has 3 aromatic rings. The number of nitrogens with zero attached hydrogens (tertiary/aromatic N) is 3. The number of amides is 1. The molecule has 2 aromatic heterocycles. The van der Waals surface area contributed by atoms with Gasteiger partial charge in [0.05, 0.1) is 0 Å². The maximum Gasteiger partial charge on any atom is 0.350 e. The van der Waals surface area contributed by atoms with E-state index in [9.17, 15) is 14.7 Å². The molecular weight excluding hydrogens is 344 g/mol. The summed E-state index contributed by atoms with van der Waals surface area (Å²) in [6.45, 7) is 4.33. The molecule has 2 heterocycles. The number of carbonyl (C=O) groups excluding carboxylic acids is 1. The lowest BCUT2D eigenvalue weighted by molar-refractivity contribution is -0.146. The van der Waals surface area contributed by atoms with Crippen molar-refractivity contribution in [3.8, 4) is 0 Å². The average molecular weight is 368 g/mol. The Balaban J connectivity index is 1.63. The maximum atomic E-state index is 12.7. The van der Waals surface area contributed by atoms with E-state index in [2.05, 4.69) is 10.4 Å². The number of pyridine rings is 1. The van der Waals surface area contributed by atoms with Gasteiger partial charge in [-0.1, -0.05) is 50.2 Å². The van der Waals surface area contributed by atoms with Gasteiger partial charge >= 0.3 is 5.69 Å². The molecule has 142 valence electrons. The van der Waals surface area contributed by atoms with Gasteiger partial charge in [0, 0.05) is 19.3 Å². The van der Waals surface area contributed by atoms with Crippen molar-refractivity contribution in [2.75, 3.05) is 6.54 Å². The van der Waals surface area contributed by atoms with Crippen LogP contribution in [0.3, 0.4) is 0 Å². The molecule has 0 unspecified atom stereocenters. The number of hydrogen-bond donors (Lipinski definition) is 2. The lowest BCUT2D eigenvalue weighted by atomic mass is 9.82. The maximum absolute atomic E-state index is 12.7. The van der Waals surface area contributed by atoms with E-state index in [4.69, 9.17) is 0 Å². The highest BCUT2D eigenvalue weighted by molar-refractivity contribution is 5.86. The van der Waals surface area contributed by atoms with E-state index in [0.29, 0.717) is 30.7 Å². The summed E-state index contributed by atoms with van der Waals surface area (Å²) >= 11 is 0. The Morgan fingerprint density at radius 3 is 2.56 bits per heavy atom. The van der Waals surface area contributed by atoms with Crippen molar-refractivity contribution >= 4 is 11.6 Å². The van der Waals surface area contributed by atoms with Crippen LogP contribution in [0.2, 0.25) is 0 Å². The highest BCUT2D eigenvalue weighted by atomic mass is 16.3. The monoisotopic (exact) mass is 368 g/mol. The highest BCUT2D eigenvalue weighted by Crippen LogP contribution is 2.29. The van der Waals surface area contributed by atoms with E-state index < -0.39 is 11.5 Å². The molecule has 2 N–H and O–H groups in total. The molecule has 27 heavy (non-hydrogen) atoms. The minimum atomic E-state index is -1.60. The zero-order valence-corrected chi connectivity index (χ0v) is 15.5. The number of carbonyl (C=O) groups is 1. The highest BCUT2D eigenvalue weighted by Gasteiger charge is 2.40. The van der Waals surface area contributed by atoms with Gasteiger partial charge in [-0.25, -0.2) is 9.48 Å². The number of hydrogen-bond acceptors (Lipinski definition) is 4. The fourth-order valence-corrected chi connectivity index (χ4v) is 3.10. The zero-order valence-electron chi connectivity index (χ0n) is 15.5. The number of fused-ring (bicyclic) bond motifs is 1. The van der Waals surface area contributed by atoms with E-state index >= 15 is 0 Å². The fourth-order valence-electron chi connectivity index (χ4n) is 3.10. The first-order chi connectivity index (χ1) is 12.9. The van der Waals surface area contributed by atoms with E-state index in [-0.39, 0.29) is 11.6 Å². The number of aromatic nitrogens is 3. The average Bonchev–Trinajstić information content (AvgIpc) is 3.01. The Labute approximate surface area is 157 Å². The molecule has 0 aliphatic carbocycles. The van der Waals surface area contributed by atoms with Gasteiger partial charge in [-0.05, 0) is 30.0 Å². The second kappa shape index (κ2) is 7.75. The third kappa shape index (κ3) is 3.64. The molecule has 0 aliphatic rings. The Morgan fingerprint density at radius 2 is 1.89 bits per heavy atom. The molecule has 0 saturated heterocycles. The second-order valence-electron chi connectivity index (χ2n) is 6.83. The summed E-state index contributed by atoms with van der Waals surface area (Å²) in [7, 11) is 0. The molecule has 0 saturated carbocycles. The lowest BCUT2D eigenvalue weighted by Gasteiger charge is -2.31. The first-order valence-electron chi connectivity index (χ1n) is 9.05. The third-order valence-corrected chi connectivity index (χ3v) is 4.72. The molecule has 7 nitrogen and oxygen atoms in total. The predicted molar refractivity (Wildman–Crippen MR) is 102 cm³/mol. The van der Waals surface area contributed by atoms with Crippen LogP contribution in [0.1, 0.15) is 25.8 Å². The molecule has 0 bridgehead atoms. The smallest absolute Gasteiger partial charge is 0.350 e. The number of aryl methyl sites for hydroxylation is 1. The topological polar surface area (TPSA) is 88.6 Å². The van der Waals surface area contributed by atoms with Crippen LogP contribution < -0.4 is 11.0 Å². The van der Waals surface area contributed by atoms with Gasteiger partial charge in [-0.3, -0.25) is 9.20 Å². The van der Waals surface area contributed by atoms with Crippen molar-refractivity contribution < 1.29 is 9.90 Å². The summed E-state index contributed by atoms with van der Waals surface area (Å²) in [4.78, 5) is 24.9. The van der Waals surface area contributed by atoms with Crippen molar-refractivity contribution in [3.63, 3.8) is 0 Å². The Kier molecular flexibility index (Phi) is 5.41. The minimum Gasteiger partial charge on any atom is -0.375 e. The summed E-state index contributed by atoms with van der Waals surface area (Å²) in [5.74, 6) is -0.730. The number of rotatable bonds is 7. The quantitative estimate of drug-likeness (QED) is 0.619. The Hall–Kier alpha value is -2.93. The van der Waals surface area contributed by atoms with Crippen LogP contribution in [0.25, 0.3) is 5.65 Å². The van der Waals surface area contributed by atoms with Gasteiger partial charge in [0.15, 0.2) is 11.2 Å². The van der Waals surface area contributed by atoms with Crippen LogP contribution >= 0.6 is 0 Å². The predicted octanol–water partition coefficient (Wildman–Crippen LogP) is 1.55. The van der Waals surface area contributed by atoms with Crippen LogP contribution in [-0.4, -0.2) is 31.7 Å². The van der Waals surface area contributed by atoms with Crippen LogP contribution in [0.15, 0.2) is 59.5 Å². The number of nitrogens with one attached hydrogen (secondary N) is 1. The van der Waals surface area contributed by atoms with Gasteiger partial charge in [0.2, 0.25) is 0 Å². The molecule has 0 spiro atoms. The van der Waals surface area contributed by atoms with Crippen LogP contribution in [0.4, 0.5) is 0 Å².